The van der Waals surface area contributed by atoms with Crippen LogP contribution in [0.5, 0.6) is 0 Å². The van der Waals surface area contributed by atoms with Gasteiger partial charge in [-0.05, 0) is 36.8 Å². The average molecular weight is 249 g/mol. The Hall–Kier alpha value is -1.38. The van der Waals surface area contributed by atoms with Crippen LogP contribution in [0.25, 0.3) is 0 Å². The van der Waals surface area contributed by atoms with Gasteiger partial charge in [0.05, 0.1) is 0 Å². The molecule has 18 heavy (non-hydrogen) atoms. The first-order chi connectivity index (χ1) is 8.51. The summed E-state index contributed by atoms with van der Waals surface area (Å²) in [5.41, 5.74) is 0.438. The highest BCUT2D eigenvalue weighted by Gasteiger charge is 2.38. The number of halogens is 1. The SMILES string of the molecule is CC(C)CC1(Cc2ccccc2F)CCC(=O)N1. The fourth-order valence-corrected chi connectivity index (χ4v) is 2.92. The summed E-state index contributed by atoms with van der Waals surface area (Å²) >= 11 is 0. The normalized spacial score (nSPS) is 23.4. The molecular weight excluding hydrogens is 229 g/mol. The molecule has 0 bridgehead atoms. The minimum absolute atomic E-state index is 0.0898. The molecule has 1 saturated heterocycles. The van der Waals surface area contributed by atoms with E-state index in [1.807, 2.05) is 12.1 Å². The quantitative estimate of drug-likeness (QED) is 0.873. The van der Waals surface area contributed by atoms with Crippen LogP contribution in [0.4, 0.5) is 4.39 Å². The van der Waals surface area contributed by atoms with Crippen molar-refractivity contribution in [3.8, 4) is 0 Å². The number of nitrogens with one attached hydrogen (secondary N) is 1. The van der Waals surface area contributed by atoms with Gasteiger partial charge in [0.1, 0.15) is 5.82 Å². The van der Waals surface area contributed by atoms with Crippen LogP contribution in [0.15, 0.2) is 24.3 Å². The van der Waals surface area contributed by atoms with Crippen molar-refractivity contribution in [1.82, 2.24) is 5.32 Å². The number of carbonyl (C=O) groups is 1. The van der Waals surface area contributed by atoms with Crippen molar-refractivity contribution in [2.24, 2.45) is 5.92 Å². The standard InChI is InChI=1S/C15H20FNO/c1-11(2)9-15(8-7-14(18)17-15)10-12-5-3-4-6-13(12)16/h3-6,11H,7-10H2,1-2H3,(H,17,18). The molecule has 1 aliphatic heterocycles. The summed E-state index contributed by atoms with van der Waals surface area (Å²) in [5, 5.41) is 3.07. The van der Waals surface area contributed by atoms with Gasteiger partial charge in [-0.1, -0.05) is 32.0 Å². The molecule has 1 aromatic carbocycles. The summed E-state index contributed by atoms with van der Waals surface area (Å²) in [7, 11) is 0. The van der Waals surface area contributed by atoms with E-state index >= 15 is 0 Å². The Labute approximate surface area is 108 Å². The molecule has 0 saturated carbocycles. The highest BCUT2D eigenvalue weighted by Crippen LogP contribution is 2.31. The molecule has 1 N–H and O–H groups in total. The second kappa shape index (κ2) is 5.09. The maximum absolute atomic E-state index is 13.7. The largest absolute Gasteiger partial charge is 0.350 e. The minimum Gasteiger partial charge on any atom is -0.350 e. The maximum Gasteiger partial charge on any atom is 0.220 e. The summed E-state index contributed by atoms with van der Waals surface area (Å²) in [4.78, 5) is 11.5. The smallest absolute Gasteiger partial charge is 0.220 e. The number of carbonyl (C=O) groups excluding carboxylic acids is 1. The summed E-state index contributed by atoms with van der Waals surface area (Å²) < 4.78 is 13.7. The van der Waals surface area contributed by atoms with Gasteiger partial charge in [-0.25, -0.2) is 4.39 Å². The van der Waals surface area contributed by atoms with Gasteiger partial charge < -0.3 is 5.32 Å². The van der Waals surface area contributed by atoms with Gasteiger partial charge in [-0.3, -0.25) is 4.79 Å². The van der Waals surface area contributed by atoms with Gasteiger partial charge in [0.15, 0.2) is 0 Å². The van der Waals surface area contributed by atoms with Crippen LogP contribution in [0.1, 0.15) is 38.7 Å². The van der Waals surface area contributed by atoms with Crippen LogP contribution in [0.2, 0.25) is 0 Å². The van der Waals surface area contributed by atoms with Crippen molar-refractivity contribution in [3.63, 3.8) is 0 Å². The van der Waals surface area contributed by atoms with Crippen LogP contribution in [0.3, 0.4) is 0 Å². The monoisotopic (exact) mass is 249 g/mol. The number of benzene rings is 1. The van der Waals surface area contributed by atoms with Crippen LogP contribution in [-0.2, 0) is 11.2 Å². The lowest BCUT2D eigenvalue weighted by Gasteiger charge is -2.31. The van der Waals surface area contributed by atoms with E-state index in [1.165, 1.54) is 6.07 Å². The highest BCUT2D eigenvalue weighted by molar-refractivity contribution is 5.79. The lowest BCUT2D eigenvalue weighted by atomic mass is 9.82. The number of rotatable bonds is 4. The van der Waals surface area contributed by atoms with Gasteiger partial charge in [-0.2, -0.15) is 0 Å². The first kappa shape index (κ1) is 13.1. The number of hydrogen-bond acceptors (Lipinski definition) is 1. The summed E-state index contributed by atoms with van der Waals surface area (Å²) in [6.07, 6.45) is 2.84. The van der Waals surface area contributed by atoms with E-state index in [4.69, 9.17) is 0 Å². The molecule has 0 aromatic heterocycles. The van der Waals surface area contributed by atoms with Crippen LogP contribution in [0, 0.1) is 11.7 Å². The molecule has 0 radical (unpaired) electrons. The Kier molecular flexibility index (Phi) is 3.69. The molecule has 2 rings (SSSR count). The van der Waals surface area contributed by atoms with E-state index < -0.39 is 0 Å². The third-order valence-corrected chi connectivity index (χ3v) is 3.52. The zero-order valence-corrected chi connectivity index (χ0v) is 11.0. The zero-order chi connectivity index (χ0) is 13.2. The van der Waals surface area contributed by atoms with E-state index in [0.717, 1.165) is 12.8 Å². The number of amides is 1. The third kappa shape index (κ3) is 2.89. The highest BCUT2D eigenvalue weighted by atomic mass is 19.1. The second-order valence-electron chi connectivity index (χ2n) is 5.69. The van der Waals surface area contributed by atoms with Gasteiger partial charge in [-0.15, -0.1) is 0 Å². The zero-order valence-electron chi connectivity index (χ0n) is 11.0. The molecular formula is C15H20FNO. The molecule has 1 unspecified atom stereocenters. The average Bonchev–Trinajstić information content (AvgIpc) is 2.62. The molecule has 1 fully saturated rings. The van der Waals surface area contributed by atoms with Gasteiger partial charge in [0.2, 0.25) is 5.91 Å². The topological polar surface area (TPSA) is 29.1 Å². The summed E-state index contributed by atoms with van der Waals surface area (Å²) in [6.45, 7) is 4.27. The summed E-state index contributed by atoms with van der Waals surface area (Å²) in [6, 6.07) is 6.83. The van der Waals surface area contributed by atoms with Gasteiger partial charge >= 0.3 is 0 Å². The minimum atomic E-state index is -0.257. The fraction of sp³-hybridized carbons (Fsp3) is 0.533. The van der Waals surface area contributed by atoms with Crippen molar-refractivity contribution < 1.29 is 9.18 Å². The molecule has 0 spiro atoms. The van der Waals surface area contributed by atoms with Crippen molar-refractivity contribution >= 4 is 5.91 Å². The van der Waals surface area contributed by atoms with E-state index in [-0.39, 0.29) is 17.3 Å². The first-order valence-electron chi connectivity index (χ1n) is 6.55. The predicted molar refractivity (Wildman–Crippen MR) is 69.7 cm³/mol. The van der Waals surface area contributed by atoms with Gasteiger partial charge in [0.25, 0.3) is 0 Å². The Morgan fingerprint density at radius 3 is 2.67 bits per heavy atom. The molecule has 0 aliphatic carbocycles. The van der Waals surface area contributed by atoms with E-state index in [9.17, 15) is 9.18 Å². The van der Waals surface area contributed by atoms with E-state index in [0.29, 0.717) is 24.3 Å². The predicted octanol–water partition coefficient (Wildman–Crippen LogP) is 3.06. The van der Waals surface area contributed by atoms with E-state index in [1.54, 1.807) is 6.07 Å². The molecule has 2 nitrogen and oxygen atoms in total. The Balaban J connectivity index is 2.21. The lowest BCUT2D eigenvalue weighted by molar-refractivity contribution is -0.119. The second-order valence-corrected chi connectivity index (χ2v) is 5.69. The third-order valence-electron chi connectivity index (χ3n) is 3.52. The maximum atomic E-state index is 13.7. The van der Waals surface area contributed by atoms with Crippen LogP contribution >= 0.6 is 0 Å². The molecule has 1 aromatic rings. The molecule has 3 heteroatoms. The Bertz CT molecular complexity index is 444. The van der Waals surface area contributed by atoms with Crippen molar-refractivity contribution in [2.75, 3.05) is 0 Å². The van der Waals surface area contributed by atoms with Crippen molar-refractivity contribution in [1.29, 1.82) is 0 Å². The van der Waals surface area contributed by atoms with Crippen LogP contribution < -0.4 is 5.32 Å². The Morgan fingerprint density at radius 2 is 2.11 bits per heavy atom. The van der Waals surface area contributed by atoms with Gasteiger partial charge in [0, 0.05) is 12.0 Å². The first-order valence-corrected chi connectivity index (χ1v) is 6.55. The lowest BCUT2D eigenvalue weighted by Crippen LogP contribution is -2.44. The molecule has 1 heterocycles. The molecule has 98 valence electrons. The summed E-state index contributed by atoms with van der Waals surface area (Å²) in [5.74, 6) is 0.393. The van der Waals surface area contributed by atoms with Crippen molar-refractivity contribution in [3.05, 3.63) is 35.6 Å². The fourth-order valence-electron chi connectivity index (χ4n) is 2.92. The molecule has 1 amide bonds. The van der Waals surface area contributed by atoms with E-state index in [2.05, 4.69) is 19.2 Å². The number of hydrogen-bond donors (Lipinski definition) is 1. The molecule has 1 aliphatic rings. The van der Waals surface area contributed by atoms with Crippen molar-refractivity contribution in [2.45, 2.75) is 45.1 Å². The molecule has 1 atom stereocenters. The Morgan fingerprint density at radius 1 is 1.39 bits per heavy atom. The van der Waals surface area contributed by atoms with Crippen LogP contribution in [-0.4, -0.2) is 11.4 Å².